The van der Waals surface area contributed by atoms with Crippen LogP contribution in [0.5, 0.6) is 5.75 Å². The molecule has 0 amide bonds. The second-order valence-corrected chi connectivity index (χ2v) is 7.62. The summed E-state index contributed by atoms with van der Waals surface area (Å²) in [5, 5.41) is 15.1. The Morgan fingerprint density at radius 1 is 0.903 bits per heavy atom. The first-order chi connectivity index (χ1) is 15.0. The molecule has 0 aliphatic carbocycles. The molecule has 0 aliphatic heterocycles. The van der Waals surface area contributed by atoms with E-state index in [0.717, 1.165) is 38.9 Å². The molecule has 4 aromatic rings. The maximum absolute atomic E-state index is 11.5. The second kappa shape index (κ2) is 8.92. The molecule has 0 aromatic heterocycles. The predicted molar refractivity (Wildman–Crippen MR) is 125 cm³/mol. The fourth-order valence-corrected chi connectivity index (χ4v) is 3.80. The molecule has 4 rings (SSSR count). The summed E-state index contributed by atoms with van der Waals surface area (Å²) < 4.78 is 6.26. The zero-order chi connectivity index (χ0) is 21.8. The van der Waals surface area contributed by atoms with Crippen molar-refractivity contribution in [1.29, 1.82) is 0 Å². The van der Waals surface area contributed by atoms with Gasteiger partial charge in [-0.2, -0.15) is 0 Å². The van der Waals surface area contributed by atoms with Gasteiger partial charge in [0.05, 0.1) is 5.56 Å². The normalized spacial score (nSPS) is 10.8. The van der Waals surface area contributed by atoms with E-state index in [2.05, 4.69) is 42.6 Å². The minimum atomic E-state index is -0.923. The van der Waals surface area contributed by atoms with Gasteiger partial charge < -0.3 is 15.2 Å². The highest BCUT2D eigenvalue weighted by molar-refractivity contribution is 5.91. The van der Waals surface area contributed by atoms with Gasteiger partial charge in [0, 0.05) is 17.8 Å². The number of carboxylic acid groups (broad SMARTS) is 1. The lowest BCUT2D eigenvalue weighted by molar-refractivity contribution is 0.0696. The minimum Gasteiger partial charge on any atom is -0.489 e. The molecule has 156 valence electrons. The number of hydrogen-bond donors (Lipinski definition) is 2. The molecule has 0 unspecified atom stereocenters. The lowest BCUT2D eigenvalue weighted by Gasteiger charge is -2.17. The second-order valence-electron chi connectivity index (χ2n) is 7.62. The van der Waals surface area contributed by atoms with Crippen molar-refractivity contribution in [3.05, 3.63) is 107 Å². The highest BCUT2D eigenvalue weighted by Gasteiger charge is 2.13. The van der Waals surface area contributed by atoms with Crippen LogP contribution in [-0.2, 0) is 13.2 Å². The smallest absolute Gasteiger partial charge is 0.336 e. The number of nitrogens with one attached hydrogen (secondary N) is 1. The third-order valence-electron chi connectivity index (χ3n) is 5.66. The Kier molecular flexibility index (Phi) is 5.89. The van der Waals surface area contributed by atoms with E-state index < -0.39 is 5.97 Å². The Morgan fingerprint density at radius 2 is 1.68 bits per heavy atom. The molecular weight excluding hydrogens is 386 g/mol. The summed E-state index contributed by atoms with van der Waals surface area (Å²) in [4.78, 5) is 11.5. The van der Waals surface area contributed by atoms with Gasteiger partial charge in [-0.05, 0) is 59.5 Å². The average Bonchev–Trinajstić information content (AvgIpc) is 2.78. The molecule has 0 saturated heterocycles. The fourth-order valence-electron chi connectivity index (χ4n) is 3.80. The summed E-state index contributed by atoms with van der Waals surface area (Å²) in [6.07, 6.45) is 0. The van der Waals surface area contributed by atoms with Crippen LogP contribution in [0.25, 0.3) is 10.8 Å². The molecule has 0 radical (unpaired) electrons. The summed E-state index contributed by atoms with van der Waals surface area (Å²) in [6, 6.07) is 25.8. The van der Waals surface area contributed by atoms with E-state index in [1.54, 1.807) is 12.1 Å². The first-order valence-corrected chi connectivity index (χ1v) is 10.3. The zero-order valence-corrected chi connectivity index (χ0v) is 17.7. The van der Waals surface area contributed by atoms with E-state index in [9.17, 15) is 9.90 Å². The first kappa shape index (κ1) is 20.5. The molecule has 4 aromatic carbocycles. The van der Waals surface area contributed by atoms with E-state index in [-0.39, 0.29) is 0 Å². The molecule has 31 heavy (non-hydrogen) atoms. The number of hydrogen-bond acceptors (Lipinski definition) is 3. The first-order valence-electron chi connectivity index (χ1n) is 10.3. The molecule has 0 atom stereocenters. The number of aryl methyl sites for hydroxylation is 1. The van der Waals surface area contributed by atoms with Gasteiger partial charge >= 0.3 is 5.97 Å². The quantitative estimate of drug-likeness (QED) is 0.372. The molecule has 0 bridgehead atoms. The van der Waals surface area contributed by atoms with Gasteiger partial charge in [-0.1, -0.05) is 60.7 Å². The third kappa shape index (κ3) is 4.38. The number of anilines is 1. The van der Waals surface area contributed by atoms with Crippen LogP contribution in [0.1, 0.15) is 32.6 Å². The predicted octanol–water partition coefficient (Wildman–Crippen LogP) is 6.35. The summed E-state index contributed by atoms with van der Waals surface area (Å²) in [7, 11) is 0. The molecule has 0 heterocycles. The van der Waals surface area contributed by atoms with Crippen LogP contribution in [0.4, 0.5) is 5.69 Å². The number of rotatable bonds is 7. The summed E-state index contributed by atoms with van der Waals surface area (Å²) in [5.41, 5.74) is 5.23. The van der Waals surface area contributed by atoms with E-state index in [4.69, 9.17) is 4.74 Å². The molecular formula is C27H25NO3. The Morgan fingerprint density at radius 3 is 2.48 bits per heavy atom. The number of ether oxygens (including phenoxy) is 1. The summed E-state index contributed by atoms with van der Waals surface area (Å²) in [6.45, 7) is 4.92. The number of carbonyl (C=O) groups is 1. The fraction of sp³-hybridized carbons (Fsp3) is 0.148. The van der Waals surface area contributed by atoms with Crippen LogP contribution in [0.15, 0.2) is 78.9 Å². The molecule has 0 aliphatic rings. The van der Waals surface area contributed by atoms with Crippen LogP contribution in [-0.4, -0.2) is 11.1 Å². The molecule has 0 saturated carbocycles. The SMILES string of the molecule is Cc1ccccc1COc1ccc2ccccc2c1CNc1cccc(C(=O)O)c1C. The van der Waals surface area contributed by atoms with Crippen molar-refractivity contribution in [2.45, 2.75) is 27.0 Å². The monoisotopic (exact) mass is 411 g/mol. The maximum atomic E-state index is 11.5. The van der Waals surface area contributed by atoms with Gasteiger partial charge in [0.1, 0.15) is 12.4 Å². The van der Waals surface area contributed by atoms with Gasteiger partial charge in [0.2, 0.25) is 0 Å². The average molecular weight is 412 g/mol. The van der Waals surface area contributed by atoms with Crippen molar-refractivity contribution >= 4 is 22.4 Å². The van der Waals surface area contributed by atoms with Crippen LogP contribution < -0.4 is 10.1 Å². The van der Waals surface area contributed by atoms with E-state index in [1.807, 2.05) is 43.3 Å². The van der Waals surface area contributed by atoms with E-state index in [0.29, 0.717) is 18.7 Å². The van der Waals surface area contributed by atoms with Crippen molar-refractivity contribution in [3.63, 3.8) is 0 Å². The van der Waals surface area contributed by atoms with Crippen molar-refractivity contribution in [1.82, 2.24) is 0 Å². The highest BCUT2D eigenvalue weighted by Crippen LogP contribution is 2.30. The topological polar surface area (TPSA) is 58.6 Å². The van der Waals surface area contributed by atoms with Gasteiger partial charge in [-0.3, -0.25) is 0 Å². The van der Waals surface area contributed by atoms with Gasteiger partial charge in [-0.15, -0.1) is 0 Å². The number of carboxylic acids is 1. The lowest BCUT2D eigenvalue weighted by atomic mass is 10.0. The van der Waals surface area contributed by atoms with Crippen LogP contribution >= 0.6 is 0 Å². The maximum Gasteiger partial charge on any atom is 0.336 e. The molecule has 0 spiro atoms. The molecule has 2 N–H and O–H groups in total. The van der Waals surface area contributed by atoms with Crippen molar-refractivity contribution in [2.24, 2.45) is 0 Å². The highest BCUT2D eigenvalue weighted by atomic mass is 16.5. The third-order valence-corrected chi connectivity index (χ3v) is 5.66. The van der Waals surface area contributed by atoms with E-state index >= 15 is 0 Å². The van der Waals surface area contributed by atoms with Gasteiger partial charge in [-0.25, -0.2) is 4.79 Å². The largest absolute Gasteiger partial charge is 0.489 e. The molecule has 4 nitrogen and oxygen atoms in total. The van der Waals surface area contributed by atoms with Crippen LogP contribution in [0.3, 0.4) is 0 Å². The number of benzene rings is 4. The van der Waals surface area contributed by atoms with Gasteiger partial charge in [0.25, 0.3) is 0 Å². The Hall–Kier alpha value is -3.79. The standard InChI is InChI=1S/C27H25NO3/c1-18-8-3-4-10-21(18)17-31-26-15-14-20-9-5-6-11-23(20)24(26)16-28-25-13-7-12-22(19(25)2)27(29)30/h3-15,28H,16-17H2,1-2H3,(H,29,30). The van der Waals surface area contributed by atoms with Crippen molar-refractivity contribution < 1.29 is 14.6 Å². The molecule has 4 heteroatoms. The lowest BCUT2D eigenvalue weighted by Crippen LogP contribution is -2.08. The van der Waals surface area contributed by atoms with E-state index in [1.165, 1.54) is 5.56 Å². The number of aromatic carboxylic acids is 1. The van der Waals surface area contributed by atoms with Crippen molar-refractivity contribution in [3.8, 4) is 5.75 Å². The molecule has 0 fully saturated rings. The number of fused-ring (bicyclic) bond motifs is 1. The Bertz CT molecular complexity index is 1250. The summed E-state index contributed by atoms with van der Waals surface area (Å²) >= 11 is 0. The van der Waals surface area contributed by atoms with Crippen molar-refractivity contribution in [2.75, 3.05) is 5.32 Å². The summed E-state index contributed by atoms with van der Waals surface area (Å²) in [5.74, 6) is -0.102. The van der Waals surface area contributed by atoms with Gasteiger partial charge in [0.15, 0.2) is 0 Å². The van der Waals surface area contributed by atoms with Crippen LogP contribution in [0, 0.1) is 13.8 Å². The minimum absolute atomic E-state index is 0.305. The Labute approximate surface area is 182 Å². The Balaban J connectivity index is 1.65. The zero-order valence-electron chi connectivity index (χ0n) is 17.7. The van der Waals surface area contributed by atoms with Crippen LogP contribution in [0.2, 0.25) is 0 Å².